The quantitative estimate of drug-likeness (QED) is 0.337. The van der Waals surface area contributed by atoms with Gasteiger partial charge in [0, 0.05) is 19.2 Å². The molecule has 8 nitrogen and oxygen atoms in total. The van der Waals surface area contributed by atoms with E-state index in [0.29, 0.717) is 11.3 Å². The van der Waals surface area contributed by atoms with Crippen molar-refractivity contribution in [3.05, 3.63) is 53.6 Å². The molecule has 2 aromatic rings. The van der Waals surface area contributed by atoms with E-state index in [4.69, 9.17) is 23.3 Å². The third kappa shape index (κ3) is 6.71. The number of benzene rings is 2. The molecule has 0 saturated carbocycles. The summed E-state index contributed by atoms with van der Waals surface area (Å²) in [4.78, 5) is 23.8. The highest BCUT2D eigenvalue weighted by Crippen LogP contribution is 2.45. The first-order valence-corrected chi connectivity index (χ1v) is 10.8. The van der Waals surface area contributed by atoms with E-state index >= 15 is 0 Å². The van der Waals surface area contributed by atoms with Crippen LogP contribution in [0.15, 0.2) is 42.5 Å². The molecule has 2 aromatic carbocycles. The normalized spacial score (nSPS) is 12.7. The van der Waals surface area contributed by atoms with Crippen LogP contribution in [0.25, 0.3) is 0 Å². The summed E-state index contributed by atoms with van der Waals surface area (Å²) in [6, 6.07) is 10.9. The van der Waals surface area contributed by atoms with E-state index < -0.39 is 19.5 Å². The van der Waals surface area contributed by atoms with Crippen LogP contribution in [0.4, 0.5) is 0 Å². The summed E-state index contributed by atoms with van der Waals surface area (Å²) in [6.45, 7) is 4.52. The van der Waals surface area contributed by atoms with Gasteiger partial charge >= 0.3 is 19.5 Å². The third-order valence-corrected chi connectivity index (χ3v) is 4.97. The molecule has 9 heteroatoms. The SMILES string of the molecule is CCOP(C)(=O)OCc1cc(OC(=O)c2ccccc2OC(C)=O)ccc1OC. The van der Waals surface area contributed by atoms with Crippen molar-refractivity contribution in [2.24, 2.45) is 0 Å². The molecule has 0 heterocycles. The lowest BCUT2D eigenvalue weighted by Crippen LogP contribution is -2.12. The van der Waals surface area contributed by atoms with E-state index in [-0.39, 0.29) is 30.3 Å². The summed E-state index contributed by atoms with van der Waals surface area (Å²) in [5.74, 6) is -0.455. The van der Waals surface area contributed by atoms with Crippen molar-refractivity contribution in [2.75, 3.05) is 20.4 Å². The summed E-state index contributed by atoms with van der Waals surface area (Å²) in [5, 5.41) is 0. The molecule has 0 saturated heterocycles. The number of rotatable bonds is 9. The van der Waals surface area contributed by atoms with E-state index in [1.165, 1.54) is 38.9 Å². The highest BCUT2D eigenvalue weighted by atomic mass is 31.2. The summed E-state index contributed by atoms with van der Waals surface area (Å²) in [6.07, 6.45) is 0. The van der Waals surface area contributed by atoms with Gasteiger partial charge < -0.3 is 23.3 Å². The predicted octanol–water partition coefficient (Wildman–Crippen LogP) is 4.22. The molecule has 0 N–H and O–H groups in total. The van der Waals surface area contributed by atoms with Crippen molar-refractivity contribution in [3.63, 3.8) is 0 Å². The van der Waals surface area contributed by atoms with Crippen molar-refractivity contribution < 1.29 is 37.4 Å². The molecule has 0 fully saturated rings. The van der Waals surface area contributed by atoms with Crippen molar-refractivity contribution >= 4 is 19.5 Å². The number of methoxy groups -OCH3 is 1. The Bertz CT molecular complexity index is 924. The van der Waals surface area contributed by atoms with Gasteiger partial charge in [0.1, 0.15) is 22.8 Å². The minimum Gasteiger partial charge on any atom is -0.496 e. The molecule has 0 aliphatic heterocycles. The number of hydrogen-bond donors (Lipinski definition) is 0. The van der Waals surface area contributed by atoms with Crippen LogP contribution in [-0.4, -0.2) is 32.3 Å². The second-order valence-corrected chi connectivity index (χ2v) is 7.97. The Kier molecular flexibility index (Phi) is 7.96. The van der Waals surface area contributed by atoms with Gasteiger partial charge in [0.2, 0.25) is 0 Å². The molecule has 0 radical (unpaired) electrons. The predicted molar refractivity (Wildman–Crippen MR) is 106 cm³/mol. The largest absolute Gasteiger partial charge is 0.496 e. The molecule has 2 rings (SSSR count). The van der Waals surface area contributed by atoms with Crippen LogP contribution in [0, 0.1) is 0 Å². The van der Waals surface area contributed by atoms with Crippen LogP contribution in [0.1, 0.15) is 29.8 Å². The number of para-hydroxylation sites is 1. The average molecular weight is 422 g/mol. The number of ether oxygens (including phenoxy) is 3. The van der Waals surface area contributed by atoms with Gasteiger partial charge in [0.05, 0.1) is 20.3 Å². The third-order valence-electron chi connectivity index (χ3n) is 3.64. The smallest absolute Gasteiger partial charge is 0.347 e. The number of hydrogen-bond acceptors (Lipinski definition) is 8. The average Bonchev–Trinajstić information content (AvgIpc) is 2.66. The van der Waals surface area contributed by atoms with E-state index in [9.17, 15) is 14.2 Å². The molecule has 29 heavy (non-hydrogen) atoms. The van der Waals surface area contributed by atoms with Crippen LogP contribution < -0.4 is 14.2 Å². The molecule has 1 atom stereocenters. The maximum Gasteiger partial charge on any atom is 0.347 e. The van der Waals surface area contributed by atoms with Crippen molar-refractivity contribution in [2.45, 2.75) is 20.5 Å². The first kappa shape index (κ1) is 22.6. The van der Waals surface area contributed by atoms with Gasteiger partial charge in [-0.3, -0.25) is 9.36 Å². The topological polar surface area (TPSA) is 97.4 Å². The molecule has 0 aliphatic carbocycles. The lowest BCUT2D eigenvalue weighted by Gasteiger charge is -2.15. The molecular formula is C20H23O8P. The highest BCUT2D eigenvalue weighted by Gasteiger charge is 2.19. The maximum atomic E-state index is 12.5. The molecule has 0 aromatic heterocycles. The summed E-state index contributed by atoms with van der Waals surface area (Å²) in [5.41, 5.74) is 0.624. The van der Waals surface area contributed by atoms with Crippen molar-refractivity contribution in [1.29, 1.82) is 0 Å². The number of carbonyl (C=O) groups excluding carboxylic acids is 2. The van der Waals surface area contributed by atoms with E-state index in [1.807, 2.05) is 0 Å². The molecule has 1 unspecified atom stereocenters. The maximum absolute atomic E-state index is 12.5. The molecular weight excluding hydrogens is 399 g/mol. The van der Waals surface area contributed by atoms with Crippen molar-refractivity contribution in [3.8, 4) is 17.2 Å². The first-order chi connectivity index (χ1) is 13.8. The van der Waals surface area contributed by atoms with Crippen LogP contribution in [-0.2, 0) is 25.0 Å². The Morgan fingerprint density at radius 2 is 1.72 bits per heavy atom. The zero-order valence-corrected chi connectivity index (χ0v) is 17.6. The van der Waals surface area contributed by atoms with Crippen LogP contribution in [0.5, 0.6) is 17.2 Å². The van der Waals surface area contributed by atoms with Crippen LogP contribution >= 0.6 is 7.60 Å². The van der Waals surface area contributed by atoms with Gasteiger partial charge in [0.15, 0.2) is 0 Å². The second kappa shape index (κ2) is 10.2. The molecule has 0 bridgehead atoms. The summed E-state index contributed by atoms with van der Waals surface area (Å²) >= 11 is 0. The van der Waals surface area contributed by atoms with Gasteiger partial charge in [-0.2, -0.15) is 0 Å². The Labute approximate surface area is 169 Å². The zero-order valence-electron chi connectivity index (χ0n) is 16.7. The summed E-state index contributed by atoms with van der Waals surface area (Å²) < 4.78 is 38.3. The van der Waals surface area contributed by atoms with Gasteiger partial charge in [0.25, 0.3) is 0 Å². The zero-order chi connectivity index (χ0) is 21.4. The minimum absolute atomic E-state index is 0.0631. The van der Waals surface area contributed by atoms with Gasteiger partial charge in [-0.15, -0.1) is 0 Å². The lowest BCUT2D eigenvalue weighted by molar-refractivity contribution is -0.131. The Hall–Kier alpha value is -2.67. The van der Waals surface area contributed by atoms with E-state index in [0.717, 1.165) is 0 Å². The molecule has 0 amide bonds. The second-order valence-electron chi connectivity index (χ2n) is 5.92. The fourth-order valence-corrected chi connectivity index (χ4v) is 3.35. The Morgan fingerprint density at radius 1 is 1.00 bits per heavy atom. The van der Waals surface area contributed by atoms with Gasteiger partial charge in [-0.05, 0) is 37.3 Å². The minimum atomic E-state index is -3.21. The highest BCUT2D eigenvalue weighted by molar-refractivity contribution is 7.52. The van der Waals surface area contributed by atoms with Gasteiger partial charge in [-0.1, -0.05) is 12.1 Å². The molecule has 156 valence electrons. The van der Waals surface area contributed by atoms with E-state index in [1.54, 1.807) is 31.2 Å². The fraction of sp³-hybridized carbons (Fsp3) is 0.300. The van der Waals surface area contributed by atoms with Gasteiger partial charge in [-0.25, -0.2) is 4.79 Å². The van der Waals surface area contributed by atoms with E-state index in [2.05, 4.69) is 0 Å². The summed E-state index contributed by atoms with van der Waals surface area (Å²) in [7, 11) is -1.73. The lowest BCUT2D eigenvalue weighted by atomic mass is 10.2. The van der Waals surface area contributed by atoms with Crippen LogP contribution in [0.3, 0.4) is 0 Å². The monoisotopic (exact) mass is 422 g/mol. The first-order valence-electron chi connectivity index (χ1n) is 8.79. The van der Waals surface area contributed by atoms with Crippen LogP contribution in [0.2, 0.25) is 0 Å². The Balaban J connectivity index is 2.20. The standard InChI is InChI=1S/C20H23O8P/c1-5-25-29(4,23)26-13-15-12-16(10-11-18(15)24-3)28-20(22)17-8-6-7-9-19(17)27-14(2)21/h6-12H,5,13H2,1-4H3. The fourth-order valence-electron chi connectivity index (χ4n) is 2.43. The molecule has 0 aliphatic rings. The Morgan fingerprint density at radius 3 is 2.38 bits per heavy atom. The number of carbonyl (C=O) groups is 2. The molecule has 0 spiro atoms. The number of esters is 2. The van der Waals surface area contributed by atoms with Crippen molar-refractivity contribution in [1.82, 2.24) is 0 Å².